The van der Waals surface area contributed by atoms with E-state index in [1.165, 1.54) is 6.08 Å². The predicted octanol–water partition coefficient (Wildman–Crippen LogP) is 5.04. The van der Waals surface area contributed by atoms with Crippen LogP contribution in [0.25, 0.3) is 5.57 Å². The Hall–Kier alpha value is -2.08. The molecule has 158 valence electrons. The van der Waals surface area contributed by atoms with Crippen LogP contribution in [-0.2, 0) is 11.3 Å². The Morgan fingerprint density at radius 1 is 1.14 bits per heavy atom. The molecule has 2 unspecified atom stereocenters. The number of hydrogen-bond acceptors (Lipinski definition) is 2. The highest BCUT2D eigenvalue weighted by molar-refractivity contribution is 5.70. The molecule has 0 bridgehead atoms. The summed E-state index contributed by atoms with van der Waals surface area (Å²) in [6.45, 7) is 4.45. The van der Waals surface area contributed by atoms with Crippen LogP contribution in [0.2, 0.25) is 0 Å². The van der Waals surface area contributed by atoms with Gasteiger partial charge in [-0.05, 0) is 68.4 Å². The monoisotopic (exact) mass is 406 g/mol. The smallest absolute Gasteiger partial charge is 0.338 e. The molecule has 1 saturated heterocycles. The van der Waals surface area contributed by atoms with E-state index >= 15 is 0 Å². The summed E-state index contributed by atoms with van der Waals surface area (Å²) in [5.41, 5.74) is 2.42. The van der Waals surface area contributed by atoms with Gasteiger partial charge in [0.25, 0.3) is 0 Å². The number of alkyl halides is 3. The molecule has 1 aromatic carbocycles. The molecular formula is C23H29F3N2O. The van der Waals surface area contributed by atoms with Crippen LogP contribution < -0.4 is 0 Å². The second-order valence-electron chi connectivity index (χ2n) is 8.28. The minimum absolute atomic E-state index is 0.00608. The minimum Gasteiger partial charge on any atom is -0.338 e. The molecular weight excluding hydrogens is 377 g/mol. The number of hydrogen-bond donors (Lipinski definition) is 0. The molecule has 2 aliphatic rings. The third-order valence-electron chi connectivity index (χ3n) is 6.06. The van der Waals surface area contributed by atoms with Crippen molar-refractivity contribution in [3.05, 3.63) is 53.1 Å². The number of rotatable bonds is 5. The van der Waals surface area contributed by atoms with E-state index in [1.54, 1.807) is 6.08 Å². The first-order valence-electron chi connectivity index (χ1n) is 10.2. The number of carbonyl (C=O) groups is 1. The van der Waals surface area contributed by atoms with Gasteiger partial charge in [0.1, 0.15) is 0 Å². The fraction of sp³-hybridized carbons (Fsp3) is 0.522. The van der Waals surface area contributed by atoms with Crippen LogP contribution >= 0.6 is 0 Å². The molecule has 0 saturated carbocycles. The van der Waals surface area contributed by atoms with Crippen molar-refractivity contribution < 1.29 is 18.0 Å². The second kappa shape index (κ2) is 9.16. The first-order valence-corrected chi connectivity index (χ1v) is 10.2. The lowest BCUT2D eigenvalue weighted by Gasteiger charge is -2.28. The molecule has 1 heterocycles. The summed E-state index contributed by atoms with van der Waals surface area (Å²) in [6, 6.07) is 8.11. The summed E-state index contributed by atoms with van der Waals surface area (Å²) >= 11 is 0. The quantitative estimate of drug-likeness (QED) is 0.640. The van der Waals surface area contributed by atoms with Gasteiger partial charge in [-0.3, -0.25) is 4.79 Å². The fourth-order valence-electron chi connectivity index (χ4n) is 4.27. The Balaban J connectivity index is 1.69. The third kappa shape index (κ3) is 5.50. The van der Waals surface area contributed by atoms with Crippen LogP contribution in [0.1, 0.15) is 43.7 Å². The lowest BCUT2D eigenvalue weighted by molar-refractivity contribution is -0.121. The summed E-state index contributed by atoms with van der Waals surface area (Å²) in [5.74, 6) is -0.183. The van der Waals surface area contributed by atoms with Crippen molar-refractivity contribution in [2.45, 2.75) is 51.4 Å². The Labute approximate surface area is 170 Å². The molecule has 3 rings (SSSR count). The average Bonchev–Trinajstić information content (AvgIpc) is 2.90. The zero-order valence-corrected chi connectivity index (χ0v) is 17.1. The van der Waals surface area contributed by atoms with E-state index < -0.39 is 11.7 Å². The molecule has 1 aliphatic carbocycles. The van der Waals surface area contributed by atoms with Gasteiger partial charge in [-0.2, -0.15) is 13.2 Å². The average molecular weight is 406 g/mol. The van der Waals surface area contributed by atoms with Gasteiger partial charge < -0.3 is 9.80 Å². The zero-order valence-electron chi connectivity index (χ0n) is 17.1. The van der Waals surface area contributed by atoms with Gasteiger partial charge in [-0.15, -0.1) is 0 Å². The topological polar surface area (TPSA) is 23.6 Å². The maximum Gasteiger partial charge on any atom is 0.412 e. The Kier molecular flexibility index (Phi) is 6.83. The van der Waals surface area contributed by atoms with E-state index in [-0.39, 0.29) is 18.4 Å². The molecule has 0 spiro atoms. The molecule has 1 fully saturated rings. The van der Waals surface area contributed by atoms with Crippen molar-refractivity contribution in [1.29, 1.82) is 0 Å². The number of halogens is 3. The van der Waals surface area contributed by atoms with Gasteiger partial charge in [0.2, 0.25) is 6.41 Å². The van der Waals surface area contributed by atoms with Crippen molar-refractivity contribution in [1.82, 2.24) is 9.80 Å². The van der Waals surface area contributed by atoms with Crippen LogP contribution in [0.5, 0.6) is 0 Å². The van der Waals surface area contributed by atoms with Gasteiger partial charge in [0.05, 0.1) is 0 Å². The number of carbonyl (C=O) groups excluding carboxylic acids is 1. The lowest BCUT2D eigenvalue weighted by atomic mass is 9.84. The van der Waals surface area contributed by atoms with E-state index in [1.807, 2.05) is 36.1 Å². The molecule has 1 amide bonds. The zero-order chi connectivity index (χ0) is 21.0. The van der Waals surface area contributed by atoms with Crippen LogP contribution in [0, 0.1) is 5.92 Å². The number of amides is 1. The van der Waals surface area contributed by atoms with Gasteiger partial charge in [-0.25, -0.2) is 0 Å². The maximum atomic E-state index is 12.9. The highest BCUT2D eigenvalue weighted by atomic mass is 19.4. The predicted molar refractivity (Wildman–Crippen MR) is 109 cm³/mol. The summed E-state index contributed by atoms with van der Waals surface area (Å²) in [6.07, 6.45) is 2.55. The Morgan fingerprint density at radius 2 is 1.86 bits per heavy atom. The standard InChI is InChI=1S/C23H29F3N2O/c1-17-14-20(23(24,25)26)9-10-22(17)19-7-5-18(6-8-19)15-28(16-29)21-4-3-12-27(2)13-11-21/h5-10,16-17,21H,3-4,11-15H2,1-2H3. The molecule has 1 aliphatic heterocycles. The van der Waals surface area contributed by atoms with Gasteiger partial charge in [0, 0.05) is 18.2 Å². The summed E-state index contributed by atoms with van der Waals surface area (Å²) in [7, 11) is 2.11. The second-order valence-corrected chi connectivity index (χ2v) is 8.28. The SMILES string of the molecule is CC1CC(C(F)(F)F)=CC=C1c1ccc(CN(C=O)C2CCCN(C)CC2)cc1. The first kappa shape index (κ1) is 21.6. The van der Waals surface area contributed by atoms with Gasteiger partial charge in [0.15, 0.2) is 0 Å². The highest BCUT2D eigenvalue weighted by Gasteiger charge is 2.35. The van der Waals surface area contributed by atoms with Crippen molar-refractivity contribution in [2.75, 3.05) is 20.1 Å². The molecule has 0 aromatic heterocycles. The molecule has 3 nitrogen and oxygen atoms in total. The van der Waals surface area contributed by atoms with E-state index in [0.717, 1.165) is 55.5 Å². The van der Waals surface area contributed by atoms with Crippen LogP contribution in [0.15, 0.2) is 42.0 Å². The molecule has 1 aromatic rings. The normalized spacial score (nSPS) is 23.8. The number of allylic oxidation sites excluding steroid dienone is 4. The van der Waals surface area contributed by atoms with Crippen LogP contribution in [0.3, 0.4) is 0 Å². The fourth-order valence-corrected chi connectivity index (χ4v) is 4.27. The van der Waals surface area contributed by atoms with E-state index in [0.29, 0.717) is 6.54 Å². The largest absolute Gasteiger partial charge is 0.412 e. The molecule has 6 heteroatoms. The van der Waals surface area contributed by atoms with Crippen molar-refractivity contribution in [3.8, 4) is 0 Å². The van der Waals surface area contributed by atoms with E-state index in [9.17, 15) is 18.0 Å². The van der Waals surface area contributed by atoms with Crippen LogP contribution in [-0.4, -0.2) is 48.6 Å². The van der Waals surface area contributed by atoms with E-state index in [2.05, 4.69) is 11.9 Å². The summed E-state index contributed by atoms with van der Waals surface area (Å²) < 4.78 is 38.8. The van der Waals surface area contributed by atoms with Crippen molar-refractivity contribution in [3.63, 3.8) is 0 Å². The van der Waals surface area contributed by atoms with E-state index in [4.69, 9.17) is 0 Å². The first-order chi connectivity index (χ1) is 13.8. The molecule has 0 radical (unpaired) electrons. The number of nitrogens with zero attached hydrogens (tertiary/aromatic N) is 2. The minimum atomic E-state index is -4.26. The summed E-state index contributed by atoms with van der Waals surface area (Å²) in [5, 5.41) is 0. The molecule has 2 atom stereocenters. The molecule has 29 heavy (non-hydrogen) atoms. The van der Waals surface area contributed by atoms with Crippen LogP contribution in [0.4, 0.5) is 13.2 Å². The number of likely N-dealkylation sites (tertiary alicyclic amines) is 1. The van der Waals surface area contributed by atoms with Gasteiger partial charge in [-0.1, -0.05) is 43.3 Å². The Morgan fingerprint density at radius 3 is 2.48 bits per heavy atom. The Bertz CT molecular complexity index is 767. The highest BCUT2D eigenvalue weighted by Crippen LogP contribution is 2.39. The molecule has 0 N–H and O–H groups in total. The number of benzene rings is 1. The maximum absolute atomic E-state index is 12.9. The van der Waals surface area contributed by atoms with Crippen molar-refractivity contribution in [2.24, 2.45) is 5.92 Å². The lowest BCUT2D eigenvalue weighted by Crippen LogP contribution is -2.34. The summed E-state index contributed by atoms with van der Waals surface area (Å²) in [4.78, 5) is 15.9. The third-order valence-corrected chi connectivity index (χ3v) is 6.06. The van der Waals surface area contributed by atoms with Crippen molar-refractivity contribution >= 4 is 12.0 Å². The van der Waals surface area contributed by atoms with Gasteiger partial charge >= 0.3 is 6.18 Å².